The van der Waals surface area contributed by atoms with Gasteiger partial charge in [-0.05, 0) is 54.8 Å². The number of anilines is 1. The summed E-state index contributed by atoms with van der Waals surface area (Å²) in [7, 11) is 1.64. The van der Waals surface area contributed by atoms with Gasteiger partial charge in [0, 0.05) is 16.1 Å². The molecule has 3 N–H and O–H groups in total. The van der Waals surface area contributed by atoms with Crippen LogP contribution in [0.4, 0.5) is 5.69 Å². The number of benzene rings is 2. The summed E-state index contributed by atoms with van der Waals surface area (Å²) < 4.78 is 5.13. The first-order chi connectivity index (χ1) is 11.1. The molecule has 0 bridgehead atoms. The molecule has 0 unspecified atom stereocenters. The number of rotatable bonds is 5. The van der Waals surface area contributed by atoms with Crippen molar-refractivity contribution >= 4 is 47.2 Å². The van der Waals surface area contributed by atoms with Crippen LogP contribution in [0, 0.1) is 0 Å². The van der Waals surface area contributed by atoms with Crippen LogP contribution in [0.1, 0.15) is 18.4 Å². The van der Waals surface area contributed by atoms with Gasteiger partial charge in [-0.3, -0.25) is 4.99 Å². The smallest absolute Gasteiger partial charge is 0.193 e. The van der Waals surface area contributed by atoms with E-state index in [9.17, 15) is 0 Å². The van der Waals surface area contributed by atoms with Crippen molar-refractivity contribution in [2.45, 2.75) is 18.3 Å². The Hall–Kier alpha value is -1.47. The van der Waals surface area contributed by atoms with Crippen molar-refractivity contribution in [3.05, 3.63) is 59.1 Å². The van der Waals surface area contributed by atoms with Crippen molar-refractivity contribution < 1.29 is 4.74 Å². The van der Waals surface area contributed by atoms with E-state index in [1.54, 1.807) is 7.11 Å². The largest absolute Gasteiger partial charge is 0.497 e. The Balaban J connectivity index is 0.00000208. The molecule has 0 atom stereocenters. The minimum absolute atomic E-state index is 0. The highest BCUT2D eigenvalue weighted by Gasteiger charge is 2.44. The summed E-state index contributed by atoms with van der Waals surface area (Å²) in [6, 6.07) is 15.6. The monoisotopic (exact) mass is 457 g/mol. The van der Waals surface area contributed by atoms with Crippen molar-refractivity contribution in [1.82, 2.24) is 0 Å². The predicted octanol–water partition coefficient (Wildman–Crippen LogP) is 4.43. The normalized spacial score (nSPS) is 15.3. The van der Waals surface area contributed by atoms with Crippen LogP contribution in [0.15, 0.2) is 53.5 Å². The summed E-state index contributed by atoms with van der Waals surface area (Å²) in [6.07, 6.45) is 2.24. The average molecular weight is 458 g/mol. The fourth-order valence-corrected chi connectivity index (χ4v) is 2.80. The zero-order valence-electron chi connectivity index (χ0n) is 13.5. The number of guanidine groups is 1. The van der Waals surface area contributed by atoms with E-state index in [0.717, 1.165) is 29.3 Å². The lowest BCUT2D eigenvalue weighted by molar-refractivity contribution is 0.415. The molecule has 4 nitrogen and oxygen atoms in total. The molecule has 6 heteroatoms. The molecule has 0 radical (unpaired) electrons. The van der Waals surface area contributed by atoms with Crippen LogP contribution in [0.5, 0.6) is 5.75 Å². The summed E-state index contributed by atoms with van der Waals surface area (Å²) in [5.74, 6) is 1.23. The molecule has 0 amide bonds. The molecule has 1 aliphatic rings. The topological polar surface area (TPSA) is 59.6 Å². The van der Waals surface area contributed by atoms with E-state index in [4.69, 9.17) is 22.1 Å². The van der Waals surface area contributed by atoms with Crippen LogP contribution in [0.2, 0.25) is 5.02 Å². The standard InChI is InChI=1S/C18H20ClN3O.HI/c1-23-16-7-5-15(6-8-16)22-17(20)21-12-18(9-10-18)13-3-2-4-14(19)11-13;/h2-8,11H,9-10,12H2,1H3,(H3,20,21,22);1H. The average Bonchev–Trinajstić information content (AvgIpc) is 3.35. The molecular weight excluding hydrogens is 437 g/mol. The maximum Gasteiger partial charge on any atom is 0.193 e. The van der Waals surface area contributed by atoms with Crippen molar-refractivity contribution in [3.8, 4) is 5.75 Å². The van der Waals surface area contributed by atoms with Crippen molar-refractivity contribution in [2.24, 2.45) is 10.7 Å². The first-order valence-corrected chi connectivity index (χ1v) is 7.96. The van der Waals surface area contributed by atoms with Gasteiger partial charge in [-0.2, -0.15) is 0 Å². The molecule has 0 aromatic heterocycles. The summed E-state index contributed by atoms with van der Waals surface area (Å²) in [4.78, 5) is 4.51. The number of aliphatic imine (C=N–C) groups is 1. The zero-order valence-corrected chi connectivity index (χ0v) is 16.5. The van der Waals surface area contributed by atoms with Gasteiger partial charge in [-0.15, -0.1) is 24.0 Å². The molecule has 0 heterocycles. The van der Waals surface area contributed by atoms with Gasteiger partial charge >= 0.3 is 0 Å². The summed E-state index contributed by atoms with van der Waals surface area (Å²) >= 11 is 6.09. The Bertz CT molecular complexity index is 714. The number of nitrogens with two attached hydrogens (primary N) is 1. The second-order valence-corrected chi connectivity index (χ2v) is 6.28. The summed E-state index contributed by atoms with van der Waals surface area (Å²) in [6.45, 7) is 0.669. The highest BCUT2D eigenvalue weighted by atomic mass is 127. The van der Waals surface area contributed by atoms with Crippen LogP contribution in [-0.2, 0) is 5.41 Å². The Labute approximate surface area is 164 Å². The van der Waals surface area contributed by atoms with Crippen LogP contribution in [0.3, 0.4) is 0 Å². The highest BCUT2D eigenvalue weighted by molar-refractivity contribution is 14.0. The van der Waals surface area contributed by atoms with E-state index < -0.39 is 0 Å². The second-order valence-electron chi connectivity index (χ2n) is 5.85. The molecule has 1 aliphatic carbocycles. The van der Waals surface area contributed by atoms with E-state index >= 15 is 0 Å². The lowest BCUT2D eigenvalue weighted by Crippen LogP contribution is -2.24. The van der Waals surface area contributed by atoms with E-state index in [1.807, 2.05) is 42.5 Å². The first-order valence-electron chi connectivity index (χ1n) is 7.58. The molecule has 128 valence electrons. The third-order valence-electron chi connectivity index (χ3n) is 4.21. The van der Waals surface area contributed by atoms with Crippen molar-refractivity contribution in [1.29, 1.82) is 0 Å². The maximum atomic E-state index is 6.09. The number of ether oxygens (including phenoxy) is 1. The lowest BCUT2D eigenvalue weighted by atomic mass is 9.96. The van der Waals surface area contributed by atoms with E-state index in [0.29, 0.717) is 12.5 Å². The third kappa shape index (κ3) is 4.54. The van der Waals surface area contributed by atoms with E-state index in [1.165, 1.54) is 5.56 Å². The molecule has 3 rings (SSSR count). The number of hydrogen-bond acceptors (Lipinski definition) is 2. The molecule has 1 fully saturated rings. The Morgan fingerprint density at radius 1 is 1.25 bits per heavy atom. The Morgan fingerprint density at radius 3 is 2.54 bits per heavy atom. The van der Waals surface area contributed by atoms with Gasteiger partial charge in [0.15, 0.2) is 5.96 Å². The van der Waals surface area contributed by atoms with Gasteiger partial charge in [-0.25, -0.2) is 0 Å². The van der Waals surface area contributed by atoms with Gasteiger partial charge in [0.05, 0.1) is 13.7 Å². The summed E-state index contributed by atoms with van der Waals surface area (Å²) in [5.41, 5.74) is 8.23. The van der Waals surface area contributed by atoms with Crippen LogP contribution < -0.4 is 15.8 Å². The number of nitrogens with zero attached hydrogens (tertiary/aromatic N) is 1. The molecule has 0 saturated heterocycles. The van der Waals surface area contributed by atoms with Crippen LogP contribution >= 0.6 is 35.6 Å². The lowest BCUT2D eigenvalue weighted by Gasteiger charge is -2.14. The summed E-state index contributed by atoms with van der Waals surface area (Å²) in [5, 5.41) is 3.87. The van der Waals surface area contributed by atoms with Gasteiger partial charge < -0.3 is 15.8 Å². The Kier molecular flexibility index (Phi) is 6.34. The fraction of sp³-hybridized carbons (Fsp3) is 0.278. The number of nitrogens with one attached hydrogen (secondary N) is 1. The number of halogens is 2. The SMILES string of the molecule is COc1ccc(NC(N)=NCC2(c3cccc(Cl)c3)CC2)cc1.I. The molecule has 24 heavy (non-hydrogen) atoms. The van der Waals surface area contributed by atoms with Gasteiger partial charge in [0.25, 0.3) is 0 Å². The first kappa shape index (κ1) is 18.9. The fourth-order valence-electron chi connectivity index (χ4n) is 2.61. The minimum Gasteiger partial charge on any atom is -0.497 e. The predicted molar refractivity (Wildman–Crippen MR) is 111 cm³/mol. The molecule has 1 saturated carbocycles. The molecule has 2 aromatic carbocycles. The molecular formula is C18H21ClIN3O. The molecule has 2 aromatic rings. The number of methoxy groups -OCH3 is 1. The molecule has 0 spiro atoms. The van der Waals surface area contributed by atoms with Gasteiger partial charge in [0.1, 0.15) is 5.75 Å². The van der Waals surface area contributed by atoms with E-state index in [-0.39, 0.29) is 29.4 Å². The van der Waals surface area contributed by atoms with Crippen molar-refractivity contribution in [3.63, 3.8) is 0 Å². The number of hydrogen-bond donors (Lipinski definition) is 2. The van der Waals surface area contributed by atoms with Gasteiger partial charge in [-0.1, -0.05) is 23.7 Å². The van der Waals surface area contributed by atoms with Crippen LogP contribution in [-0.4, -0.2) is 19.6 Å². The van der Waals surface area contributed by atoms with Gasteiger partial charge in [0.2, 0.25) is 0 Å². The quantitative estimate of drug-likeness (QED) is 0.397. The van der Waals surface area contributed by atoms with E-state index in [2.05, 4.69) is 16.4 Å². The third-order valence-corrected chi connectivity index (χ3v) is 4.44. The maximum absolute atomic E-state index is 6.09. The zero-order chi connectivity index (χ0) is 16.3. The minimum atomic E-state index is 0. The van der Waals surface area contributed by atoms with Crippen molar-refractivity contribution in [2.75, 3.05) is 19.0 Å². The molecule has 0 aliphatic heterocycles. The Morgan fingerprint density at radius 2 is 1.96 bits per heavy atom. The van der Waals surface area contributed by atoms with Crippen LogP contribution in [0.25, 0.3) is 0 Å². The second kappa shape index (κ2) is 8.07. The highest BCUT2D eigenvalue weighted by Crippen LogP contribution is 2.48.